The number of benzene rings is 2. The van der Waals surface area contributed by atoms with Crippen LogP contribution in [0.5, 0.6) is 0 Å². The lowest BCUT2D eigenvalue weighted by Crippen LogP contribution is -2.23. The van der Waals surface area contributed by atoms with Gasteiger partial charge in [0.2, 0.25) is 0 Å². The lowest BCUT2D eigenvalue weighted by atomic mass is 10.2. The van der Waals surface area contributed by atoms with Gasteiger partial charge >= 0.3 is 0 Å². The van der Waals surface area contributed by atoms with Crippen molar-refractivity contribution in [3.05, 3.63) is 103 Å². The fourth-order valence-corrected chi connectivity index (χ4v) is 5.82. The van der Waals surface area contributed by atoms with Crippen molar-refractivity contribution in [2.45, 2.75) is 0 Å². The molecular formula is C22H17OP. The Morgan fingerprint density at radius 3 is 1.25 bits per heavy atom. The molecule has 0 bridgehead atoms. The van der Waals surface area contributed by atoms with Gasteiger partial charge in [0.05, 0.1) is 0 Å². The van der Waals surface area contributed by atoms with Gasteiger partial charge in [-0.05, 0) is 23.3 Å². The van der Waals surface area contributed by atoms with Gasteiger partial charge < -0.3 is 4.57 Å². The third-order valence-corrected chi connectivity index (χ3v) is 7.35. The van der Waals surface area contributed by atoms with E-state index in [4.69, 9.17) is 0 Å². The summed E-state index contributed by atoms with van der Waals surface area (Å²) >= 11 is 0. The van der Waals surface area contributed by atoms with Gasteiger partial charge in [0.15, 0.2) is 7.14 Å². The van der Waals surface area contributed by atoms with Crippen molar-refractivity contribution in [1.29, 1.82) is 0 Å². The van der Waals surface area contributed by atoms with Crippen LogP contribution < -0.4 is 15.9 Å². The largest absolute Gasteiger partial charge is 0.309 e. The first-order valence-corrected chi connectivity index (χ1v) is 9.70. The summed E-state index contributed by atoms with van der Waals surface area (Å²) in [5.74, 6) is 0. The van der Waals surface area contributed by atoms with E-state index in [1.807, 2.05) is 78.9 Å². The highest BCUT2D eigenvalue weighted by Gasteiger charge is 2.31. The van der Waals surface area contributed by atoms with Gasteiger partial charge in [0.25, 0.3) is 0 Å². The maximum absolute atomic E-state index is 14.3. The number of hydrogen-bond acceptors (Lipinski definition) is 1. The minimum absolute atomic E-state index is 0.871. The van der Waals surface area contributed by atoms with Crippen LogP contribution in [-0.2, 0) is 4.57 Å². The minimum atomic E-state index is -2.87. The van der Waals surface area contributed by atoms with Crippen LogP contribution in [0.3, 0.4) is 0 Å². The van der Waals surface area contributed by atoms with Crippen LogP contribution in [0, 0.1) is 0 Å². The van der Waals surface area contributed by atoms with Gasteiger partial charge in [-0.25, -0.2) is 0 Å². The maximum Gasteiger partial charge on any atom is 0.171 e. The molecular weight excluding hydrogens is 311 g/mol. The van der Waals surface area contributed by atoms with E-state index in [-0.39, 0.29) is 0 Å². The molecule has 0 aliphatic heterocycles. The molecule has 0 fully saturated rings. The Bertz CT molecular complexity index is 903. The number of fused-ring (bicyclic) bond motifs is 1. The molecule has 2 aliphatic rings. The summed E-state index contributed by atoms with van der Waals surface area (Å²) in [4.78, 5) is 0. The van der Waals surface area contributed by atoms with Gasteiger partial charge in [0, 0.05) is 15.9 Å². The SMILES string of the molecule is O=P(c1ccccc1)(c1ccccc1)c1cc2cccccc-2c1. The molecule has 1 nitrogen and oxygen atoms in total. The van der Waals surface area contributed by atoms with Crippen LogP contribution >= 0.6 is 7.14 Å². The lowest BCUT2D eigenvalue weighted by molar-refractivity contribution is 0.592. The predicted octanol–water partition coefficient (Wildman–Crippen LogP) is 4.43. The molecule has 0 saturated heterocycles. The molecule has 0 atom stereocenters. The highest BCUT2D eigenvalue weighted by atomic mass is 31.2. The highest BCUT2D eigenvalue weighted by Crippen LogP contribution is 2.44. The molecule has 0 saturated carbocycles. The zero-order valence-corrected chi connectivity index (χ0v) is 14.1. The van der Waals surface area contributed by atoms with Gasteiger partial charge in [-0.1, -0.05) is 91.0 Å². The van der Waals surface area contributed by atoms with Crippen molar-refractivity contribution in [1.82, 2.24) is 0 Å². The molecule has 0 aromatic heterocycles. The summed E-state index contributed by atoms with van der Waals surface area (Å²) in [5.41, 5.74) is 2.23. The summed E-state index contributed by atoms with van der Waals surface area (Å²) in [6, 6.07) is 33.9. The third-order valence-electron chi connectivity index (χ3n) is 4.32. The molecule has 0 N–H and O–H groups in total. The smallest absolute Gasteiger partial charge is 0.171 e. The van der Waals surface area contributed by atoms with Crippen molar-refractivity contribution in [2.24, 2.45) is 0 Å². The van der Waals surface area contributed by atoms with Crippen LogP contribution in [0.2, 0.25) is 0 Å². The Labute approximate surface area is 142 Å². The Hall–Kier alpha value is -2.63. The Morgan fingerprint density at radius 1 is 0.458 bits per heavy atom. The molecule has 0 amide bonds. The van der Waals surface area contributed by atoms with E-state index in [0.29, 0.717) is 0 Å². The van der Waals surface area contributed by atoms with E-state index in [1.54, 1.807) is 0 Å². The molecule has 0 radical (unpaired) electrons. The quantitative estimate of drug-likeness (QED) is 0.509. The second-order valence-corrected chi connectivity index (χ2v) is 8.58. The first-order chi connectivity index (χ1) is 11.8. The number of hydrogen-bond donors (Lipinski definition) is 0. The van der Waals surface area contributed by atoms with Crippen LogP contribution in [-0.4, -0.2) is 0 Å². The van der Waals surface area contributed by atoms with Crippen molar-refractivity contribution >= 4 is 23.1 Å². The average Bonchev–Trinajstić information content (AvgIpc) is 2.94. The second kappa shape index (κ2) is 6.11. The Kier molecular flexibility index (Phi) is 3.80. The zero-order valence-electron chi connectivity index (χ0n) is 13.2. The minimum Gasteiger partial charge on any atom is -0.309 e. The van der Waals surface area contributed by atoms with Crippen LogP contribution in [0.25, 0.3) is 11.1 Å². The fraction of sp³-hybridized carbons (Fsp3) is 0. The normalized spacial score (nSPS) is 11.5. The van der Waals surface area contributed by atoms with E-state index in [2.05, 4.69) is 24.3 Å². The number of rotatable bonds is 3. The second-order valence-electron chi connectivity index (χ2n) is 5.82. The molecule has 24 heavy (non-hydrogen) atoms. The van der Waals surface area contributed by atoms with E-state index in [1.165, 1.54) is 0 Å². The van der Waals surface area contributed by atoms with E-state index >= 15 is 0 Å². The van der Waals surface area contributed by atoms with E-state index in [0.717, 1.165) is 27.0 Å². The molecule has 2 aliphatic carbocycles. The van der Waals surface area contributed by atoms with Gasteiger partial charge in [0.1, 0.15) is 0 Å². The Balaban J connectivity index is 2.00. The van der Waals surface area contributed by atoms with Crippen molar-refractivity contribution < 1.29 is 4.57 Å². The highest BCUT2D eigenvalue weighted by molar-refractivity contribution is 7.85. The predicted molar refractivity (Wildman–Crippen MR) is 102 cm³/mol. The molecule has 2 aromatic rings. The molecule has 0 spiro atoms. The van der Waals surface area contributed by atoms with Crippen LogP contribution in [0.4, 0.5) is 0 Å². The lowest BCUT2D eigenvalue weighted by Gasteiger charge is -2.18. The Morgan fingerprint density at radius 2 is 0.833 bits per heavy atom. The summed E-state index contributed by atoms with van der Waals surface area (Å²) in [7, 11) is -2.87. The van der Waals surface area contributed by atoms with E-state index < -0.39 is 7.14 Å². The molecule has 0 heterocycles. The summed E-state index contributed by atoms with van der Waals surface area (Å²) in [6.45, 7) is 0. The van der Waals surface area contributed by atoms with Crippen LogP contribution in [0.15, 0.2) is 103 Å². The average molecular weight is 328 g/mol. The molecule has 2 heteroatoms. The standard InChI is InChI=1S/C22H17OP/c23-24(20-12-6-2-7-13-20,21-14-8-3-9-15-21)22-16-18-10-4-1-5-11-19(18)17-22/h1-17H. The van der Waals surface area contributed by atoms with Crippen molar-refractivity contribution in [3.63, 3.8) is 0 Å². The maximum atomic E-state index is 14.3. The first-order valence-electron chi connectivity index (χ1n) is 7.99. The molecule has 116 valence electrons. The zero-order chi connectivity index (χ0) is 16.4. The topological polar surface area (TPSA) is 17.1 Å². The third kappa shape index (κ3) is 2.48. The first kappa shape index (κ1) is 14.9. The van der Waals surface area contributed by atoms with Gasteiger partial charge in [-0.2, -0.15) is 0 Å². The molecule has 4 rings (SSSR count). The van der Waals surface area contributed by atoms with Crippen LogP contribution in [0.1, 0.15) is 0 Å². The molecule has 0 unspecified atom stereocenters. The van der Waals surface area contributed by atoms with Crippen molar-refractivity contribution in [2.75, 3.05) is 0 Å². The summed E-state index contributed by atoms with van der Waals surface area (Å²) in [5, 5.41) is 2.63. The van der Waals surface area contributed by atoms with E-state index in [9.17, 15) is 4.57 Å². The van der Waals surface area contributed by atoms with Crippen molar-refractivity contribution in [3.8, 4) is 11.1 Å². The summed E-state index contributed by atoms with van der Waals surface area (Å²) < 4.78 is 14.3. The van der Waals surface area contributed by atoms with Gasteiger partial charge in [-0.15, -0.1) is 0 Å². The fourth-order valence-electron chi connectivity index (χ4n) is 3.10. The van der Waals surface area contributed by atoms with Gasteiger partial charge in [-0.3, -0.25) is 0 Å². The monoisotopic (exact) mass is 328 g/mol. The molecule has 2 aromatic carbocycles. The summed E-state index contributed by atoms with van der Waals surface area (Å²) in [6.07, 6.45) is 0.